The van der Waals surface area contributed by atoms with Crippen LogP contribution >= 0.6 is 0 Å². The summed E-state index contributed by atoms with van der Waals surface area (Å²) in [5, 5.41) is 8.69. The summed E-state index contributed by atoms with van der Waals surface area (Å²) in [6, 6.07) is 6.45. The third kappa shape index (κ3) is 4.14. The van der Waals surface area contributed by atoms with Gasteiger partial charge in [0.25, 0.3) is 0 Å². The van der Waals surface area contributed by atoms with Crippen molar-refractivity contribution in [3.63, 3.8) is 0 Å². The van der Waals surface area contributed by atoms with Gasteiger partial charge in [0, 0.05) is 47.4 Å². The van der Waals surface area contributed by atoms with Gasteiger partial charge in [0.15, 0.2) is 0 Å². The molecule has 1 aliphatic rings. The lowest BCUT2D eigenvalue weighted by atomic mass is 10.2. The maximum atomic E-state index is 12.5. The highest BCUT2D eigenvalue weighted by atomic mass is 32.2. The van der Waals surface area contributed by atoms with Crippen molar-refractivity contribution < 1.29 is 17.7 Å². The van der Waals surface area contributed by atoms with Crippen molar-refractivity contribution in [2.24, 2.45) is 0 Å². The summed E-state index contributed by atoms with van der Waals surface area (Å²) >= 11 is 0. The molecule has 1 aliphatic heterocycles. The molecule has 2 rings (SSSR count). The number of nitrogens with zero attached hydrogens (tertiary/aromatic N) is 1. The van der Waals surface area contributed by atoms with E-state index in [0.29, 0.717) is 23.5 Å². The average Bonchev–Trinajstić information content (AvgIpc) is 2.48. The minimum atomic E-state index is -3.56. The number of aliphatic hydroxyl groups excluding tert-OH is 1. The minimum Gasteiger partial charge on any atom is -0.395 e. The van der Waals surface area contributed by atoms with Crippen molar-refractivity contribution in [1.82, 2.24) is 4.31 Å². The van der Waals surface area contributed by atoms with Crippen LogP contribution in [0.1, 0.15) is 12.0 Å². The first-order valence-corrected chi connectivity index (χ1v) is 9.52. The van der Waals surface area contributed by atoms with E-state index >= 15 is 0 Å². The van der Waals surface area contributed by atoms with E-state index in [4.69, 9.17) is 5.11 Å². The molecule has 7 heteroatoms. The molecule has 0 amide bonds. The first kappa shape index (κ1) is 16.2. The quantitative estimate of drug-likeness (QED) is 0.804. The summed E-state index contributed by atoms with van der Waals surface area (Å²) in [4.78, 5) is 0.200. The van der Waals surface area contributed by atoms with Gasteiger partial charge in [0.05, 0.1) is 11.5 Å². The molecule has 1 saturated heterocycles. The van der Waals surface area contributed by atoms with Gasteiger partial charge in [-0.2, -0.15) is 4.31 Å². The van der Waals surface area contributed by atoms with Crippen LogP contribution in [-0.4, -0.2) is 53.2 Å². The predicted molar refractivity (Wildman–Crippen MR) is 81.7 cm³/mol. The van der Waals surface area contributed by atoms with E-state index in [9.17, 15) is 12.6 Å². The zero-order chi connectivity index (χ0) is 15.3. The maximum absolute atomic E-state index is 12.5. The Labute approximate surface area is 127 Å². The standard InChI is InChI=1S/C14H17NO4S2/c16-9-2-1-4-13-5-3-6-14(12-13)21(18,19)15-7-10-20(17)11-8-15/h3,5-6,12,16H,2,7-11H2. The third-order valence-electron chi connectivity index (χ3n) is 3.08. The average molecular weight is 327 g/mol. The van der Waals surface area contributed by atoms with Crippen molar-refractivity contribution in [3.8, 4) is 11.8 Å². The summed E-state index contributed by atoms with van der Waals surface area (Å²) in [6.07, 6.45) is 0.356. The monoisotopic (exact) mass is 327 g/mol. The Morgan fingerprint density at radius 3 is 2.67 bits per heavy atom. The molecule has 114 valence electrons. The van der Waals surface area contributed by atoms with Crippen LogP contribution < -0.4 is 0 Å². The SMILES string of the molecule is O=S1CCN(S(=O)(=O)c2cccc(C#CCCO)c2)CC1. The van der Waals surface area contributed by atoms with Gasteiger partial charge in [-0.1, -0.05) is 17.9 Å². The molecular formula is C14H17NO4S2. The molecule has 0 radical (unpaired) electrons. The lowest BCUT2D eigenvalue weighted by Crippen LogP contribution is -2.41. The number of benzene rings is 1. The molecule has 1 fully saturated rings. The number of sulfonamides is 1. The molecule has 21 heavy (non-hydrogen) atoms. The number of hydrogen-bond acceptors (Lipinski definition) is 4. The van der Waals surface area contributed by atoms with Gasteiger partial charge in [-0.05, 0) is 18.2 Å². The summed E-state index contributed by atoms with van der Waals surface area (Å²) in [5.74, 6) is 6.36. The Bertz CT molecular complexity index is 678. The lowest BCUT2D eigenvalue weighted by molar-refractivity contribution is 0.305. The second kappa shape index (κ2) is 7.18. The fraction of sp³-hybridized carbons (Fsp3) is 0.429. The number of aliphatic hydroxyl groups is 1. The molecule has 0 spiro atoms. The summed E-state index contributed by atoms with van der Waals surface area (Å²) < 4.78 is 37.7. The van der Waals surface area contributed by atoms with Gasteiger partial charge in [-0.25, -0.2) is 8.42 Å². The Morgan fingerprint density at radius 1 is 1.29 bits per heavy atom. The van der Waals surface area contributed by atoms with E-state index in [1.54, 1.807) is 12.1 Å². The second-order valence-electron chi connectivity index (χ2n) is 4.56. The van der Waals surface area contributed by atoms with E-state index in [-0.39, 0.29) is 24.6 Å². The predicted octanol–water partition coefficient (Wildman–Crippen LogP) is 0.174. The molecule has 0 unspecified atom stereocenters. The fourth-order valence-electron chi connectivity index (χ4n) is 1.97. The normalized spacial score (nSPS) is 17.2. The van der Waals surface area contributed by atoms with Gasteiger partial charge in [0.2, 0.25) is 10.0 Å². The molecule has 0 saturated carbocycles. The van der Waals surface area contributed by atoms with E-state index in [2.05, 4.69) is 11.8 Å². The summed E-state index contributed by atoms with van der Waals surface area (Å²) in [5.41, 5.74) is 0.602. The van der Waals surface area contributed by atoms with Crippen molar-refractivity contribution >= 4 is 20.8 Å². The molecule has 0 atom stereocenters. The van der Waals surface area contributed by atoms with Gasteiger partial charge in [-0.15, -0.1) is 0 Å². The van der Waals surface area contributed by atoms with Crippen LogP contribution in [0.4, 0.5) is 0 Å². The molecule has 0 aliphatic carbocycles. The van der Waals surface area contributed by atoms with Crippen molar-refractivity contribution in [2.75, 3.05) is 31.2 Å². The minimum absolute atomic E-state index is 0.0179. The molecule has 1 heterocycles. The van der Waals surface area contributed by atoms with Crippen molar-refractivity contribution in [3.05, 3.63) is 29.8 Å². The highest BCUT2D eigenvalue weighted by Crippen LogP contribution is 2.18. The molecule has 5 nitrogen and oxygen atoms in total. The van der Waals surface area contributed by atoms with E-state index in [1.165, 1.54) is 16.4 Å². The first-order valence-electron chi connectivity index (χ1n) is 6.59. The lowest BCUT2D eigenvalue weighted by Gasteiger charge is -2.25. The van der Waals surface area contributed by atoms with E-state index in [0.717, 1.165) is 0 Å². The van der Waals surface area contributed by atoms with Crippen molar-refractivity contribution in [2.45, 2.75) is 11.3 Å². The van der Waals surface area contributed by atoms with Crippen LogP contribution in [0.25, 0.3) is 0 Å². The zero-order valence-electron chi connectivity index (χ0n) is 11.5. The van der Waals surface area contributed by atoms with E-state index in [1.807, 2.05) is 0 Å². The number of hydrogen-bond donors (Lipinski definition) is 1. The third-order valence-corrected chi connectivity index (χ3v) is 6.25. The topological polar surface area (TPSA) is 74.7 Å². The van der Waals surface area contributed by atoms with Crippen LogP contribution in [0.2, 0.25) is 0 Å². The van der Waals surface area contributed by atoms with E-state index < -0.39 is 20.8 Å². The molecule has 1 aromatic rings. The summed E-state index contributed by atoms with van der Waals surface area (Å²) in [7, 11) is -4.47. The molecular weight excluding hydrogens is 310 g/mol. The smallest absolute Gasteiger partial charge is 0.243 e. The van der Waals surface area contributed by atoms with Gasteiger partial charge in [-0.3, -0.25) is 4.21 Å². The largest absolute Gasteiger partial charge is 0.395 e. The van der Waals surface area contributed by atoms with Gasteiger partial charge >= 0.3 is 0 Å². The van der Waals surface area contributed by atoms with Crippen LogP contribution in [0, 0.1) is 11.8 Å². The van der Waals surface area contributed by atoms with Crippen LogP contribution in [0.5, 0.6) is 0 Å². The highest BCUT2D eigenvalue weighted by molar-refractivity contribution is 7.89. The Hall–Kier alpha value is -1.20. The molecule has 0 aromatic heterocycles. The van der Waals surface area contributed by atoms with Gasteiger partial charge < -0.3 is 5.11 Å². The van der Waals surface area contributed by atoms with Gasteiger partial charge in [0.1, 0.15) is 0 Å². The highest BCUT2D eigenvalue weighted by Gasteiger charge is 2.28. The zero-order valence-corrected chi connectivity index (χ0v) is 13.1. The second-order valence-corrected chi connectivity index (χ2v) is 8.19. The maximum Gasteiger partial charge on any atom is 0.243 e. The molecule has 1 N–H and O–H groups in total. The Morgan fingerprint density at radius 2 is 2.00 bits per heavy atom. The summed E-state index contributed by atoms with van der Waals surface area (Å²) in [6.45, 7) is 0.556. The van der Waals surface area contributed by atoms with Crippen LogP contribution in [-0.2, 0) is 20.8 Å². The Kier molecular flexibility index (Phi) is 5.53. The van der Waals surface area contributed by atoms with Crippen LogP contribution in [0.3, 0.4) is 0 Å². The fourth-order valence-corrected chi connectivity index (χ4v) is 4.74. The van der Waals surface area contributed by atoms with Crippen molar-refractivity contribution in [1.29, 1.82) is 0 Å². The van der Waals surface area contributed by atoms with Crippen LogP contribution in [0.15, 0.2) is 29.2 Å². The number of rotatable bonds is 3. The molecule has 0 bridgehead atoms. The molecule has 1 aromatic carbocycles. The Balaban J connectivity index is 2.22. The first-order chi connectivity index (χ1) is 10.0.